The third-order valence-corrected chi connectivity index (χ3v) is 13.7. The molecule has 3 aliphatic heterocycles. The van der Waals surface area contributed by atoms with Crippen molar-refractivity contribution in [3.63, 3.8) is 0 Å². The van der Waals surface area contributed by atoms with Crippen LogP contribution in [-0.4, -0.2) is 21.7 Å². The first-order valence-electron chi connectivity index (χ1n) is 20.6. The summed E-state index contributed by atoms with van der Waals surface area (Å²) in [7, 11) is 0. The van der Waals surface area contributed by atoms with Crippen LogP contribution in [-0.2, 0) is 16.2 Å². The van der Waals surface area contributed by atoms with Crippen LogP contribution in [0.2, 0.25) is 0 Å². The van der Waals surface area contributed by atoms with Crippen molar-refractivity contribution in [2.75, 3.05) is 0 Å². The molecule has 58 heavy (non-hydrogen) atoms. The van der Waals surface area contributed by atoms with Gasteiger partial charge in [0.05, 0.1) is 0 Å². The maximum absolute atomic E-state index is 4.94. The zero-order chi connectivity index (χ0) is 39.6. The van der Waals surface area contributed by atoms with Gasteiger partial charge in [-0.25, -0.2) is 15.0 Å². The van der Waals surface area contributed by atoms with Crippen molar-refractivity contribution >= 4 is 23.1 Å². The van der Waals surface area contributed by atoms with Crippen LogP contribution in [0.15, 0.2) is 158 Å². The molecule has 0 atom stereocenters. The standard InChI is InChI=1S/C54H44BN3/c1-52(2)40-19-13-21-42-46(40)55-47-41(52)20-14-22-43(47)54(5,6)45-32-39(31-44(48(45)55)53(42,3)4)35-25-23-33(24-26-35)34-27-29-38(30-28-34)51-57-49(36-15-9-7-10-16-36)56-50(58-51)37-17-11-8-12-18-37/h7-32H,1-6H3. The Labute approximate surface area is 342 Å². The molecule has 0 amide bonds. The second-order valence-corrected chi connectivity index (χ2v) is 18.0. The first kappa shape index (κ1) is 34.8. The van der Waals surface area contributed by atoms with E-state index in [1.807, 2.05) is 60.7 Å². The molecule has 0 fully saturated rings. The van der Waals surface area contributed by atoms with Gasteiger partial charge in [0.25, 0.3) is 0 Å². The zero-order valence-electron chi connectivity index (χ0n) is 33.9. The molecule has 4 heterocycles. The molecule has 3 nitrogen and oxygen atoms in total. The second kappa shape index (κ2) is 12.3. The van der Waals surface area contributed by atoms with E-state index in [9.17, 15) is 0 Å². The summed E-state index contributed by atoms with van der Waals surface area (Å²) in [5, 5.41) is 0. The summed E-state index contributed by atoms with van der Waals surface area (Å²) in [5.74, 6) is 1.99. The van der Waals surface area contributed by atoms with Gasteiger partial charge in [0, 0.05) is 32.9 Å². The van der Waals surface area contributed by atoms with Crippen molar-refractivity contribution in [3.8, 4) is 56.4 Å². The summed E-state index contributed by atoms with van der Waals surface area (Å²) in [5.41, 5.74) is 20.9. The molecule has 0 saturated carbocycles. The lowest BCUT2D eigenvalue weighted by Gasteiger charge is -2.52. The number of aromatic nitrogens is 3. The minimum Gasteiger partial charge on any atom is -0.208 e. The fraction of sp³-hybridized carbons (Fsp3) is 0.167. The highest BCUT2D eigenvalue weighted by atomic mass is 15.0. The predicted molar refractivity (Wildman–Crippen MR) is 241 cm³/mol. The van der Waals surface area contributed by atoms with Crippen LogP contribution in [0, 0.1) is 0 Å². The fourth-order valence-electron chi connectivity index (χ4n) is 10.6. The van der Waals surface area contributed by atoms with Crippen LogP contribution in [0.5, 0.6) is 0 Å². The van der Waals surface area contributed by atoms with Crippen molar-refractivity contribution in [3.05, 3.63) is 191 Å². The number of hydrogen-bond acceptors (Lipinski definition) is 3. The van der Waals surface area contributed by atoms with Crippen LogP contribution >= 0.6 is 0 Å². The molecule has 0 radical (unpaired) electrons. The van der Waals surface area contributed by atoms with Crippen molar-refractivity contribution in [2.24, 2.45) is 0 Å². The van der Waals surface area contributed by atoms with Gasteiger partial charge in [-0.2, -0.15) is 0 Å². The van der Waals surface area contributed by atoms with E-state index in [0.29, 0.717) is 17.5 Å². The molecule has 11 rings (SSSR count). The lowest BCUT2D eigenvalue weighted by atomic mass is 9.23. The Morgan fingerprint density at radius 1 is 0.293 bits per heavy atom. The van der Waals surface area contributed by atoms with Gasteiger partial charge in [-0.15, -0.1) is 0 Å². The van der Waals surface area contributed by atoms with Gasteiger partial charge < -0.3 is 0 Å². The Morgan fingerprint density at radius 3 is 0.966 bits per heavy atom. The third kappa shape index (κ3) is 4.97. The molecule has 8 aromatic rings. The van der Waals surface area contributed by atoms with Crippen LogP contribution < -0.4 is 16.4 Å². The largest absolute Gasteiger partial charge is 0.243 e. The number of hydrogen-bond donors (Lipinski definition) is 0. The highest BCUT2D eigenvalue weighted by Gasteiger charge is 2.54. The molecule has 0 bridgehead atoms. The molecule has 4 heteroatoms. The smallest absolute Gasteiger partial charge is 0.208 e. The van der Waals surface area contributed by atoms with Crippen LogP contribution in [0.1, 0.15) is 74.9 Å². The van der Waals surface area contributed by atoms with Gasteiger partial charge in [-0.1, -0.05) is 216 Å². The quantitative estimate of drug-likeness (QED) is 0.165. The highest BCUT2D eigenvalue weighted by Crippen LogP contribution is 2.47. The van der Waals surface area contributed by atoms with Crippen LogP contribution in [0.25, 0.3) is 56.4 Å². The Hall–Kier alpha value is -6.39. The van der Waals surface area contributed by atoms with Crippen molar-refractivity contribution in [1.82, 2.24) is 15.0 Å². The average Bonchev–Trinajstić information content (AvgIpc) is 3.26. The van der Waals surface area contributed by atoms with E-state index in [0.717, 1.165) is 22.3 Å². The zero-order valence-corrected chi connectivity index (χ0v) is 33.9. The van der Waals surface area contributed by atoms with E-state index in [-0.39, 0.29) is 23.0 Å². The normalized spacial score (nSPS) is 15.8. The Bertz CT molecular complexity index is 2800. The molecule has 0 spiro atoms. The molecule has 0 saturated heterocycles. The Morgan fingerprint density at radius 2 is 0.586 bits per heavy atom. The highest BCUT2D eigenvalue weighted by molar-refractivity contribution is 6.98. The number of nitrogens with zero attached hydrogens (tertiary/aromatic N) is 3. The predicted octanol–water partition coefficient (Wildman–Crippen LogP) is 10.6. The Kier molecular flexibility index (Phi) is 7.39. The van der Waals surface area contributed by atoms with E-state index >= 15 is 0 Å². The van der Waals surface area contributed by atoms with E-state index in [2.05, 4.69) is 139 Å². The van der Waals surface area contributed by atoms with E-state index in [1.54, 1.807) is 10.9 Å². The Balaban J connectivity index is 0.972. The summed E-state index contributed by atoms with van der Waals surface area (Å²) in [6.45, 7) is 14.9. The molecule has 0 aliphatic carbocycles. The summed E-state index contributed by atoms with van der Waals surface area (Å²) in [6, 6.07) is 57.2. The summed E-state index contributed by atoms with van der Waals surface area (Å²) >= 11 is 0. The first-order valence-corrected chi connectivity index (χ1v) is 20.6. The maximum Gasteiger partial charge on any atom is 0.243 e. The topological polar surface area (TPSA) is 38.7 Å². The summed E-state index contributed by atoms with van der Waals surface area (Å²) in [6.07, 6.45) is 0. The molecule has 3 aliphatic rings. The first-order chi connectivity index (χ1) is 28.0. The van der Waals surface area contributed by atoms with Crippen LogP contribution in [0.3, 0.4) is 0 Å². The van der Waals surface area contributed by atoms with Gasteiger partial charge in [0.15, 0.2) is 17.5 Å². The monoisotopic (exact) mass is 745 g/mol. The lowest BCUT2D eigenvalue weighted by molar-refractivity contribution is 0.599. The average molecular weight is 746 g/mol. The van der Waals surface area contributed by atoms with Crippen molar-refractivity contribution < 1.29 is 0 Å². The van der Waals surface area contributed by atoms with E-state index in [1.165, 1.54) is 55.5 Å². The van der Waals surface area contributed by atoms with E-state index in [4.69, 9.17) is 15.0 Å². The van der Waals surface area contributed by atoms with E-state index < -0.39 is 0 Å². The van der Waals surface area contributed by atoms with Crippen molar-refractivity contribution in [1.29, 1.82) is 0 Å². The molecule has 0 unspecified atom stereocenters. The number of rotatable bonds is 5. The molecule has 7 aromatic carbocycles. The summed E-state index contributed by atoms with van der Waals surface area (Å²) < 4.78 is 0. The van der Waals surface area contributed by atoms with Gasteiger partial charge in [-0.3, -0.25) is 0 Å². The SMILES string of the molecule is CC1(C)c2cccc3c2B2c4c1cccc4C(C)(C)c1cc(-c4ccc(-c5ccc(-c6nc(-c7ccccc7)nc(-c7ccccc7)n6)cc5)cc4)cc(c12)C3(C)C. The third-order valence-electron chi connectivity index (χ3n) is 13.7. The number of benzene rings is 7. The van der Waals surface area contributed by atoms with Gasteiger partial charge in [-0.05, 0) is 55.6 Å². The second-order valence-electron chi connectivity index (χ2n) is 18.0. The molecule has 0 N–H and O–H groups in total. The van der Waals surface area contributed by atoms with Gasteiger partial charge >= 0.3 is 0 Å². The van der Waals surface area contributed by atoms with Gasteiger partial charge in [0.1, 0.15) is 0 Å². The van der Waals surface area contributed by atoms with Crippen molar-refractivity contribution in [2.45, 2.75) is 57.8 Å². The molecule has 278 valence electrons. The molecule has 1 aromatic heterocycles. The maximum atomic E-state index is 4.94. The fourth-order valence-corrected chi connectivity index (χ4v) is 10.6. The van der Waals surface area contributed by atoms with Gasteiger partial charge in [0.2, 0.25) is 6.71 Å². The van der Waals surface area contributed by atoms with Crippen LogP contribution in [0.4, 0.5) is 0 Å². The minimum absolute atomic E-state index is 0.0546. The minimum atomic E-state index is -0.137. The molecular weight excluding hydrogens is 701 g/mol. The molecular formula is C54H44BN3. The summed E-state index contributed by atoms with van der Waals surface area (Å²) in [4.78, 5) is 14.7. The lowest BCUT2D eigenvalue weighted by Crippen LogP contribution is -2.71.